The first-order valence-corrected chi connectivity index (χ1v) is 5.66. The van der Waals surface area contributed by atoms with E-state index in [4.69, 9.17) is 0 Å². The summed E-state index contributed by atoms with van der Waals surface area (Å²) in [5.41, 5.74) is 3.48. The van der Waals surface area contributed by atoms with Crippen LogP contribution < -0.4 is 0 Å². The third-order valence-electron chi connectivity index (χ3n) is 2.46. The normalized spacial score (nSPS) is 11.0. The molecular weight excluding hydrogens is 204 g/mol. The molecule has 1 N–H and O–H groups in total. The van der Waals surface area contributed by atoms with Gasteiger partial charge in [-0.15, -0.1) is 11.3 Å². The number of hydrogen-bond donors (Lipinski definition) is 1. The molecule has 2 heterocycles. The zero-order valence-electron chi connectivity index (χ0n) is 8.32. The van der Waals surface area contributed by atoms with Crippen molar-refractivity contribution in [1.82, 2.24) is 10.2 Å². The number of nitrogens with zero attached hydrogens (tertiary/aromatic N) is 1. The first-order valence-electron chi connectivity index (χ1n) is 4.84. The molecule has 0 fully saturated rings. The molecule has 0 atom stereocenters. The molecule has 15 heavy (non-hydrogen) atoms. The summed E-state index contributed by atoms with van der Waals surface area (Å²) in [4.78, 5) is 1.28. The van der Waals surface area contributed by atoms with Crippen LogP contribution in [0.1, 0.15) is 5.69 Å². The second-order valence-electron chi connectivity index (χ2n) is 3.54. The van der Waals surface area contributed by atoms with E-state index < -0.39 is 0 Å². The Morgan fingerprint density at radius 1 is 1.20 bits per heavy atom. The minimum Gasteiger partial charge on any atom is -0.281 e. The van der Waals surface area contributed by atoms with E-state index in [1.54, 1.807) is 11.3 Å². The molecule has 3 aromatic rings. The standard InChI is InChI=1S/C12H10N2S/c1-8-12-10(14-13-8)7-11(15-12)9-5-3-2-4-6-9/h2-7H,1H3,(H,13,14). The van der Waals surface area contributed by atoms with E-state index in [1.807, 2.05) is 6.07 Å². The van der Waals surface area contributed by atoms with Gasteiger partial charge in [0, 0.05) is 10.6 Å². The number of aryl methyl sites for hydroxylation is 1. The van der Waals surface area contributed by atoms with Gasteiger partial charge < -0.3 is 0 Å². The Labute approximate surface area is 91.6 Å². The number of benzene rings is 1. The maximum absolute atomic E-state index is 4.25. The second-order valence-corrected chi connectivity index (χ2v) is 4.59. The second kappa shape index (κ2) is 3.21. The van der Waals surface area contributed by atoms with Gasteiger partial charge in [0.15, 0.2) is 0 Å². The molecule has 0 saturated heterocycles. The molecule has 0 saturated carbocycles. The van der Waals surface area contributed by atoms with E-state index >= 15 is 0 Å². The van der Waals surface area contributed by atoms with Gasteiger partial charge in [-0.1, -0.05) is 30.3 Å². The van der Waals surface area contributed by atoms with Crippen molar-refractivity contribution in [3.63, 3.8) is 0 Å². The predicted molar refractivity (Wildman–Crippen MR) is 64.1 cm³/mol. The molecule has 1 aromatic carbocycles. The van der Waals surface area contributed by atoms with Crippen molar-refractivity contribution >= 4 is 21.6 Å². The monoisotopic (exact) mass is 214 g/mol. The van der Waals surface area contributed by atoms with E-state index in [-0.39, 0.29) is 0 Å². The van der Waals surface area contributed by atoms with E-state index in [0.29, 0.717) is 0 Å². The van der Waals surface area contributed by atoms with Crippen molar-refractivity contribution in [2.75, 3.05) is 0 Å². The average Bonchev–Trinajstić information content (AvgIpc) is 2.83. The molecule has 74 valence electrons. The average molecular weight is 214 g/mol. The first-order chi connectivity index (χ1) is 7.34. The fourth-order valence-electron chi connectivity index (χ4n) is 1.67. The summed E-state index contributed by atoms with van der Waals surface area (Å²) >= 11 is 1.79. The van der Waals surface area contributed by atoms with Gasteiger partial charge >= 0.3 is 0 Å². The van der Waals surface area contributed by atoms with Gasteiger partial charge in [0.1, 0.15) is 5.52 Å². The quantitative estimate of drug-likeness (QED) is 0.658. The maximum Gasteiger partial charge on any atom is 0.104 e. The Balaban J connectivity index is 2.20. The Kier molecular flexibility index (Phi) is 1.86. The molecule has 0 amide bonds. The van der Waals surface area contributed by atoms with E-state index in [0.717, 1.165) is 11.2 Å². The summed E-state index contributed by atoms with van der Waals surface area (Å²) in [5.74, 6) is 0. The highest BCUT2D eigenvalue weighted by Crippen LogP contribution is 2.33. The molecule has 0 spiro atoms. The van der Waals surface area contributed by atoms with Crippen molar-refractivity contribution in [2.24, 2.45) is 0 Å². The maximum atomic E-state index is 4.25. The molecule has 0 bridgehead atoms. The van der Waals surface area contributed by atoms with Gasteiger partial charge in [-0.05, 0) is 18.6 Å². The smallest absolute Gasteiger partial charge is 0.104 e. The third kappa shape index (κ3) is 1.36. The lowest BCUT2D eigenvalue weighted by Gasteiger charge is -1.94. The topological polar surface area (TPSA) is 28.7 Å². The highest BCUT2D eigenvalue weighted by molar-refractivity contribution is 7.22. The Morgan fingerprint density at radius 3 is 2.73 bits per heavy atom. The number of aromatic amines is 1. The molecule has 0 aliphatic carbocycles. The molecule has 0 unspecified atom stereocenters. The summed E-state index contributed by atoms with van der Waals surface area (Å²) in [5, 5.41) is 7.25. The predicted octanol–water partition coefficient (Wildman–Crippen LogP) is 3.60. The summed E-state index contributed by atoms with van der Waals surface area (Å²) in [6.07, 6.45) is 0. The molecule has 0 aliphatic heterocycles. The summed E-state index contributed by atoms with van der Waals surface area (Å²) in [7, 11) is 0. The van der Waals surface area contributed by atoms with Crippen LogP contribution in [0.25, 0.3) is 20.7 Å². The van der Waals surface area contributed by atoms with Crippen LogP contribution in [0.2, 0.25) is 0 Å². The van der Waals surface area contributed by atoms with Crippen molar-refractivity contribution in [2.45, 2.75) is 6.92 Å². The zero-order chi connectivity index (χ0) is 10.3. The number of nitrogens with one attached hydrogen (secondary N) is 1. The van der Waals surface area contributed by atoms with Crippen LogP contribution >= 0.6 is 11.3 Å². The van der Waals surface area contributed by atoms with Gasteiger partial charge in [-0.3, -0.25) is 5.10 Å². The molecule has 3 heteroatoms. The lowest BCUT2D eigenvalue weighted by atomic mass is 10.2. The highest BCUT2D eigenvalue weighted by Gasteiger charge is 2.07. The van der Waals surface area contributed by atoms with Crippen LogP contribution in [-0.2, 0) is 0 Å². The molecular formula is C12H10N2S. The zero-order valence-corrected chi connectivity index (χ0v) is 9.14. The minimum atomic E-state index is 1.07. The SMILES string of the molecule is Cc1[nH]nc2cc(-c3ccccc3)sc12. The highest BCUT2D eigenvalue weighted by atomic mass is 32.1. The molecule has 2 aromatic heterocycles. The number of fused-ring (bicyclic) bond motifs is 1. The van der Waals surface area contributed by atoms with E-state index in [9.17, 15) is 0 Å². The van der Waals surface area contributed by atoms with Crippen LogP contribution in [0.3, 0.4) is 0 Å². The fourth-order valence-corrected chi connectivity index (χ4v) is 2.72. The van der Waals surface area contributed by atoms with Crippen LogP contribution in [0, 0.1) is 6.92 Å². The Hall–Kier alpha value is -1.61. The van der Waals surface area contributed by atoms with Gasteiger partial charge in [0.2, 0.25) is 0 Å². The molecule has 0 radical (unpaired) electrons. The van der Waals surface area contributed by atoms with Gasteiger partial charge in [-0.25, -0.2) is 0 Å². The molecule has 0 aliphatic rings. The molecule has 2 nitrogen and oxygen atoms in total. The number of thiophene rings is 1. The molecule has 3 rings (SSSR count). The van der Waals surface area contributed by atoms with Crippen LogP contribution in [0.5, 0.6) is 0 Å². The van der Waals surface area contributed by atoms with Crippen LogP contribution in [0.15, 0.2) is 36.4 Å². The number of hydrogen-bond acceptors (Lipinski definition) is 2. The Morgan fingerprint density at radius 2 is 2.00 bits per heavy atom. The lowest BCUT2D eigenvalue weighted by Crippen LogP contribution is -1.71. The fraction of sp³-hybridized carbons (Fsp3) is 0.0833. The van der Waals surface area contributed by atoms with Crippen LogP contribution in [-0.4, -0.2) is 10.2 Å². The van der Waals surface area contributed by atoms with Crippen LogP contribution in [0.4, 0.5) is 0 Å². The Bertz CT molecular complexity index is 592. The number of aromatic nitrogens is 2. The third-order valence-corrected chi connectivity index (χ3v) is 3.75. The van der Waals surface area contributed by atoms with Gasteiger partial charge in [-0.2, -0.15) is 5.10 Å². The number of H-pyrrole nitrogens is 1. The minimum absolute atomic E-state index is 1.07. The van der Waals surface area contributed by atoms with Crippen molar-refractivity contribution in [3.8, 4) is 10.4 Å². The first kappa shape index (κ1) is 8.68. The lowest BCUT2D eigenvalue weighted by molar-refractivity contribution is 1.07. The summed E-state index contributed by atoms with van der Waals surface area (Å²) in [6, 6.07) is 12.6. The summed E-state index contributed by atoms with van der Waals surface area (Å²) in [6.45, 7) is 2.06. The van der Waals surface area contributed by atoms with E-state index in [2.05, 4.69) is 47.5 Å². The van der Waals surface area contributed by atoms with Crippen molar-refractivity contribution < 1.29 is 0 Å². The van der Waals surface area contributed by atoms with Crippen molar-refractivity contribution in [3.05, 3.63) is 42.1 Å². The number of rotatable bonds is 1. The van der Waals surface area contributed by atoms with Crippen molar-refractivity contribution in [1.29, 1.82) is 0 Å². The largest absolute Gasteiger partial charge is 0.281 e. The summed E-state index contributed by atoms with van der Waals surface area (Å²) < 4.78 is 1.26. The van der Waals surface area contributed by atoms with Gasteiger partial charge in [0.05, 0.1) is 4.70 Å². The van der Waals surface area contributed by atoms with Gasteiger partial charge in [0.25, 0.3) is 0 Å². The van der Waals surface area contributed by atoms with E-state index in [1.165, 1.54) is 15.1 Å².